The summed E-state index contributed by atoms with van der Waals surface area (Å²) in [5, 5.41) is 2.45. The Labute approximate surface area is 166 Å². The molecule has 0 unspecified atom stereocenters. The minimum atomic E-state index is -2.14. The van der Waals surface area contributed by atoms with E-state index in [4.69, 9.17) is 16.0 Å². The molecule has 0 amide bonds. The van der Waals surface area contributed by atoms with E-state index in [0.717, 1.165) is 17.5 Å². The van der Waals surface area contributed by atoms with Gasteiger partial charge in [-0.2, -0.15) is 0 Å². The van der Waals surface area contributed by atoms with E-state index in [1.165, 1.54) is 11.3 Å². The van der Waals surface area contributed by atoms with Crippen molar-refractivity contribution in [1.82, 2.24) is 4.98 Å². The lowest BCUT2D eigenvalue weighted by Crippen LogP contribution is -2.48. The Balaban J connectivity index is 2.57. The fraction of sp³-hybridized carbons (Fsp3) is 0.500. The van der Waals surface area contributed by atoms with Crippen LogP contribution in [0.25, 0.3) is 0 Å². The lowest BCUT2D eigenvalue weighted by molar-refractivity contribution is 0.112. The molecule has 0 aliphatic heterocycles. The topological polar surface area (TPSA) is 39.2 Å². The van der Waals surface area contributed by atoms with Crippen molar-refractivity contribution in [3.63, 3.8) is 0 Å². The van der Waals surface area contributed by atoms with E-state index < -0.39 is 8.32 Å². The second-order valence-electron chi connectivity index (χ2n) is 7.60. The van der Waals surface area contributed by atoms with Crippen LogP contribution in [0.15, 0.2) is 29.6 Å². The summed E-state index contributed by atoms with van der Waals surface area (Å²) in [6.07, 6.45) is 0.576. The van der Waals surface area contributed by atoms with Crippen molar-refractivity contribution < 1.29 is 9.22 Å². The van der Waals surface area contributed by atoms with Crippen LogP contribution in [0.2, 0.25) is 21.8 Å². The van der Waals surface area contributed by atoms with Gasteiger partial charge in [-0.15, -0.1) is 11.3 Å². The summed E-state index contributed by atoms with van der Waals surface area (Å²) in [5.74, 6) is 0. The first-order chi connectivity index (χ1) is 12.2. The number of pyridine rings is 1. The molecule has 0 saturated heterocycles. The maximum Gasteiger partial charge on any atom is 0.201 e. The van der Waals surface area contributed by atoms with Gasteiger partial charge in [-0.25, -0.2) is 4.98 Å². The molecule has 2 heterocycles. The Kier molecular flexibility index (Phi) is 7.19. The zero-order valence-electron chi connectivity index (χ0n) is 16.3. The first-order valence-corrected chi connectivity index (χ1v) is 12.5. The summed E-state index contributed by atoms with van der Waals surface area (Å²) in [4.78, 5) is 16.4. The third kappa shape index (κ3) is 4.27. The van der Waals surface area contributed by atoms with Crippen molar-refractivity contribution in [3.05, 3.63) is 50.9 Å². The van der Waals surface area contributed by atoms with Gasteiger partial charge in [-0.1, -0.05) is 59.2 Å². The van der Waals surface area contributed by atoms with Crippen molar-refractivity contribution in [3.8, 4) is 0 Å². The average molecular weight is 410 g/mol. The van der Waals surface area contributed by atoms with Crippen LogP contribution >= 0.6 is 22.9 Å². The number of rotatable bonds is 8. The Morgan fingerprint density at radius 2 is 1.73 bits per heavy atom. The molecule has 0 radical (unpaired) electrons. The Bertz CT molecular complexity index is 723. The van der Waals surface area contributed by atoms with Crippen LogP contribution in [0.5, 0.6) is 0 Å². The van der Waals surface area contributed by atoms with Crippen molar-refractivity contribution in [2.75, 3.05) is 0 Å². The fourth-order valence-electron chi connectivity index (χ4n) is 4.05. The van der Waals surface area contributed by atoms with Gasteiger partial charge in [0.05, 0.1) is 10.6 Å². The quantitative estimate of drug-likeness (QED) is 0.270. The highest BCUT2D eigenvalue weighted by molar-refractivity contribution is 7.11. The summed E-state index contributed by atoms with van der Waals surface area (Å²) >= 11 is 7.59. The van der Waals surface area contributed by atoms with Crippen LogP contribution in [0.3, 0.4) is 0 Å². The van der Waals surface area contributed by atoms with Gasteiger partial charge in [-0.05, 0) is 45.8 Å². The van der Waals surface area contributed by atoms with Gasteiger partial charge in [0.2, 0.25) is 8.32 Å². The molecule has 0 N–H and O–H groups in total. The third-order valence-electron chi connectivity index (χ3n) is 5.09. The maximum absolute atomic E-state index is 11.2. The number of aromatic nitrogens is 1. The van der Waals surface area contributed by atoms with Crippen LogP contribution in [-0.4, -0.2) is 19.6 Å². The lowest BCUT2D eigenvalue weighted by Gasteiger charge is -2.44. The normalized spacial score (nSPS) is 13.6. The minimum Gasteiger partial charge on any atom is -0.403 e. The largest absolute Gasteiger partial charge is 0.403 e. The number of halogens is 1. The Morgan fingerprint density at radius 3 is 2.19 bits per heavy atom. The first-order valence-electron chi connectivity index (χ1n) is 9.06. The van der Waals surface area contributed by atoms with Crippen molar-refractivity contribution >= 4 is 37.5 Å². The molecule has 0 aromatic carbocycles. The summed E-state index contributed by atoms with van der Waals surface area (Å²) in [6.45, 7) is 13.6. The van der Waals surface area contributed by atoms with Crippen LogP contribution in [-0.2, 0) is 4.43 Å². The molecule has 0 bridgehead atoms. The molecular weight excluding hydrogens is 382 g/mol. The number of thiophene rings is 1. The van der Waals surface area contributed by atoms with Crippen LogP contribution in [0, 0.1) is 0 Å². The molecule has 3 nitrogen and oxygen atoms in total. The predicted molar refractivity (Wildman–Crippen MR) is 113 cm³/mol. The summed E-state index contributed by atoms with van der Waals surface area (Å²) in [6, 6.07) is 7.53. The highest BCUT2D eigenvalue weighted by Crippen LogP contribution is 2.46. The van der Waals surface area contributed by atoms with Gasteiger partial charge < -0.3 is 4.43 Å². The van der Waals surface area contributed by atoms with Gasteiger partial charge >= 0.3 is 0 Å². The number of carbonyl (C=O) groups excluding carboxylic acids is 1. The van der Waals surface area contributed by atoms with Crippen molar-refractivity contribution in [2.45, 2.75) is 64.3 Å². The monoisotopic (exact) mass is 409 g/mol. The van der Waals surface area contributed by atoms with Crippen LogP contribution < -0.4 is 0 Å². The van der Waals surface area contributed by atoms with E-state index in [1.54, 1.807) is 6.07 Å². The molecule has 2 rings (SSSR count). The van der Waals surface area contributed by atoms with Gasteiger partial charge in [0.25, 0.3) is 0 Å². The van der Waals surface area contributed by atoms with E-state index in [9.17, 15) is 4.79 Å². The number of aldehydes is 1. The average Bonchev–Trinajstić information content (AvgIpc) is 3.03. The molecule has 2 aromatic rings. The minimum absolute atomic E-state index is 0.308. The van der Waals surface area contributed by atoms with Crippen LogP contribution in [0.4, 0.5) is 0 Å². The van der Waals surface area contributed by atoms with E-state index in [0.29, 0.717) is 26.7 Å². The number of carbonyl (C=O) groups is 1. The first kappa shape index (κ1) is 21.3. The molecule has 0 fully saturated rings. The van der Waals surface area contributed by atoms with Crippen molar-refractivity contribution in [2.24, 2.45) is 0 Å². The molecule has 2 aromatic heterocycles. The standard InChI is InChI=1S/C20H28ClNO2SSi/c1-13(2)26(14(3)4,15(5)6)24-20(16-10-17(11-23)25-12-16)18-8-7-9-19(21)22-18/h7-15,20H,1-6H3/t20-/m0/s1. The summed E-state index contributed by atoms with van der Waals surface area (Å²) in [7, 11) is -2.14. The summed E-state index contributed by atoms with van der Waals surface area (Å²) < 4.78 is 7.02. The SMILES string of the molecule is CC(C)[Si](O[C@@H](c1csc(C=O)c1)c1cccc(Cl)n1)(C(C)C)C(C)C. The van der Waals surface area contributed by atoms with E-state index in [2.05, 4.69) is 46.5 Å². The van der Waals surface area contributed by atoms with Gasteiger partial charge in [0.15, 0.2) is 6.29 Å². The number of hydrogen-bond acceptors (Lipinski definition) is 4. The smallest absolute Gasteiger partial charge is 0.201 e. The van der Waals surface area contributed by atoms with E-state index in [1.807, 2.05) is 23.6 Å². The molecule has 0 aliphatic rings. The van der Waals surface area contributed by atoms with Gasteiger partial charge in [0, 0.05) is 0 Å². The molecule has 142 valence electrons. The lowest BCUT2D eigenvalue weighted by atomic mass is 10.1. The van der Waals surface area contributed by atoms with Crippen molar-refractivity contribution in [1.29, 1.82) is 0 Å². The predicted octanol–water partition coefficient (Wildman–Crippen LogP) is 6.89. The Hall–Kier alpha value is -1.01. The highest BCUT2D eigenvalue weighted by Gasteiger charge is 2.47. The number of nitrogens with zero attached hydrogens (tertiary/aromatic N) is 1. The zero-order chi connectivity index (χ0) is 19.5. The van der Waals surface area contributed by atoms with E-state index >= 15 is 0 Å². The molecule has 0 spiro atoms. The van der Waals surface area contributed by atoms with E-state index in [-0.39, 0.29) is 6.10 Å². The molecule has 26 heavy (non-hydrogen) atoms. The number of hydrogen-bond donors (Lipinski definition) is 0. The molecule has 0 aliphatic carbocycles. The second-order valence-corrected chi connectivity index (χ2v) is 14.3. The molecular formula is C20H28ClNO2SSi. The molecule has 1 atom stereocenters. The fourth-order valence-corrected chi connectivity index (χ4v) is 10.4. The van der Waals surface area contributed by atoms with Gasteiger partial charge in [0.1, 0.15) is 11.3 Å². The third-order valence-corrected chi connectivity index (χ3v) is 12.2. The highest BCUT2D eigenvalue weighted by atomic mass is 35.5. The second kappa shape index (κ2) is 8.78. The molecule has 6 heteroatoms. The van der Waals surface area contributed by atoms with Gasteiger partial charge in [-0.3, -0.25) is 4.79 Å². The zero-order valence-corrected chi connectivity index (χ0v) is 18.9. The maximum atomic E-state index is 11.2. The van der Waals surface area contributed by atoms with Crippen LogP contribution in [0.1, 0.15) is 68.6 Å². The molecule has 0 saturated carbocycles. The Morgan fingerprint density at radius 1 is 1.12 bits per heavy atom. The summed E-state index contributed by atoms with van der Waals surface area (Å²) in [5.41, 5.74) is 3.13.